The number of ether oxygens (including phenoxy) is 1. The SMILES string of the molecule is C[CH]OC(=O)CCl. The molecule has 0 amide bonds. The van der Waals surface area contributed by atoms with E-state index in [1.54, 1.807) is 6.92 Å². The smallest absolute Gasteiger partial charge is 0.321 e. The van der Waals surface area contributed by atoms with Gasteiger partial charge in [-0.1, -0.05) is 0 Å². The minimum atomic E-state index is -0.413. The quantitative estimate of drug-likeness (QED) is 0.402. The maximum Gasteiger partial charge on any atom is 0.321 e. The van der Waals surface area contributed by atoms with Crippen LogP contribution in [0.3, 0.4) is 0 Å². The predicted molar refractivity (Wildman–Crippen MR) is 26.8 cm³/mol. The summed E-state index contributed by atoms with van der Waals surface area (Å²) in [6.45, 7) is 2.91. The van der Waals surface area contributed by atoms with Crippen molar-refractivity contribution in [1.82, 2.24) is 0 Å². The van der Waals surface area contributed by atoms with Crippen LogP contribution in [0.2, 0.25) is 0 Å². The maximum absolute atomic E-state index is 10.0. The van der Waals surface area contributed by atoms with Gasteiger partial charge in [-0.3, -0.25) is 4.79 Å². The van der Waals surface area contributed by atoms with Gasteiger partial charge in [-0.15, -0.1) is 11.6 Å². The van der Waals surface area contributed by atoms with Crippen LogP contribution in [0.1, 0.15) is 6.92 Å². The molecule has 41 valence electrons. The third kappa shape index (κ3) is 3.59. The van der Waals surface area contributed by atoms with E-state index in [0.29, 0.717) is 0 Å². The van der Waals surface area contributed by atoms with Crippen molar-refractivity contribution < 1.29 is 9.53 Å². The molecule has 0 aliphatic rings. The Balaban J connectivity index is 3.00. The number of carbonyl (C=O) groups excluding carboxylic acids is 1. The molecule has 2 nitrogen and oxygen atoms in total. The summed E-state index contributed by atoms with van der Waals surface area (Å²) in [4.78, 5) is 10.0. The van der Waals surface area contributed by atoms with Gasteiger partial charge in [0.1, 0.15) is 12.5 Å². The average molecular weight is 122 g/mol. The summed E-state index contributed by atoms with van der Waals surface area (Å²) < 4.78 is 4.30. The van der Waals surface area contributed by atoms with Crippen LogP contribution >= 0.6 is 11.6 Å². The van der Waals surface area contributed by atoms with Gasteiger partial charge < -0.3 is 4.74 Å². The molecule has 3 heteroatoms. The number of alkyl halides is 1. The van der Waals surface area contributed by atoms with Crippen LogP contribution in [0.4, 0.5) is 0 Å². The second-order valence-corrected chi connectivity index (χ2v) is 1.13. The lowest BCUT2D eigenvalue weighted by Crippen LogP contribution is -2.00. The molecular formula is C4H6ClO2. The summed E-state index contributed by atoms with van der Waals surface area (Å²) in [5.74, 6) is -0.492. The first-order valence-corrected chi connectivity index (χ1v) is 2.38. The second-order valence-electron chi connectivity index (χ2n) is 0.859. The van der Waals surface area contributed by atoms with Crippen LogP contribution in [0.15, 0.2) is 0 Å². The molecule has 0 rings (SSSR count). The molecule has 0 spiro atoms. The average Bonchev–Trinajstić information content (AvgIpc) is 1.68. The summed E-state index contributed by atoms with van der Waals surface area (Å²) in [7, 11) is 0. The Labute approximate surface area is 47.4 Å². The predicted octanol–water partition coefficient (Wildman–Crippen LogP) is 0.950. The van der Waals surface area contributed by atoms with Crippen molar-refractivity contribution in [2.75, 3.05) is 5.88 Å². The van der Waals surface area contributed by atoms with E-state index in [1.807, 2.05) is 0 Å². The molecule has 0 saturated heterocycles. The summed E-state index contributed by atoms with van der Waals surface area (Å²) >= 11 is 5.04. The van der Waals surface area contributed by atoms with Gasteiger partial charge in [0, 0.05) is 0 Å². The van der Waals surface area contributed by atoms with Gasteiger partial charge in [0.15, 0.2) is 0 Å². The molecule has 0 N–H and O–H groups in total. The zero-order valence-electron chi connectivity index (χ0n) is 3.98. The van der Waals surface area contributed by atoms with Crippen LogP contribution in [0.25, 0.3) is 0 Å². The molecule has 0 aliphatic heterocycles. The number of esters is 1. The van der Waals surface area contributed by atoms with E-state index in [4.69, 9.17) is 11.6 Å². The molecule has 0 heterocycles. The summed E-state index contributed by atoms with van der Waals surface area (Å²) in [6.07, 6.45) is 0. The van der Waals surface area contributed by atoms with Crippen molar-refractivity contribution in [1.29, 1.82) is 0 Å². The zero-order valence-corrected chi connectivity index (χ0v) is 4.73. The molecule has 0 atom stereocenters. The minimum absolute atomic E-state index is 0.0790. The topological polar surface area (TPSA) is 26.3 Å². The van der Waals surface area contributed by atoms with Gasteiger partial charge in [-0.25, -0.2) is 0 Å². The van der Waals surface area contributed by atoms with Crippen LogP contribution in [-0.4, -0.2) is 11.8 Å². The number of halogens is 1. The standard InChI is InChI=1S/C4H6ClO2/c1-2-7-4(6)3-5/h2H,3H2,1H3. The normalized spacial score (nSPS) is 8.29. The van der Waals surface area contributed by atoms with Crippen molar-refractivity contribution in [2.45, 2.75) is 6.92 Å². The highest BCUT2D eigenvalue weighted by molar-refractivity contribution is 6.26. The van der Waals surface area contributed by atoms with Crippen molar-refractivity contribution in [3.8, 4) is 0 Å². The number of carbonyl (C=O) groups is 1. The molecule has 0 aromatic rings. The third-order valence-electron chi connectivity index (χ3n) is 0.358. The van der Waals surface area contributed by atoms with E-state index in [2.05, 4.69) is 4.74 Å². The lowest BCUT2D eigenvalue weighted by Gasteiger charge is -1.91. The second kappa shape index (κ2) is 3.93. The number of hydrogen-bond donors (Lipinski definition) is 0. The van der Waals surface area contributed by atoms with Gasteiger partial charge in [0.05, 0.1) is 0 Å². The van der Waals surface area contributed by atoms with E-state index in [-0.39, 0.29) is 5.88 Å². The Morgan fingerprint density at radius 2 is 2.57 bits per heavy atom. The molecule has 0 fully saturated rings. The maximum atomic E-state index is 10.0. The Morgan fingerprint density at radius 1 is 2.00 bits per heavy atom. The zero-order chi connectivity index (χ0) is 5.70. The van der Waals surface area contributed by atoms with Crippen LogP contribution in [0.5, 0.6) is 0 Å². The van der Waals surface area contributed by atoms with E-state index in [0.717, 1.165) is 0 Å². The van der Waals surface area contributed by atoms with Crippen molar-refractivity contribution in [3.05, 3.63) is 6.61 Å². The molecule has 0 aromatic heterocycles. The first-order chi connectivity index (χ1) is 3.31. The highest BCUT2D eigenvalue weighted by atomic mass is 35.5. The minimum Gasteiger partial charge on any atom is -0.458 e. The van der Waals surface area contributed by atoms with Gasteiger partial charge in [0.25, 0.3) is 0 Å². The van der Waals surface area contributed by atoms with Gasteiger partial charge in [-0.05, 0) is 6.92 Å². The molecule has 0 bridgehead atoms. The van der Waals surface area contributed by atoms with E-state index in [1.165, 1.54) is 6.61 Å². The summed E-state index contributed by atoms with van der Waals surface area (Å²) in [5.41, 5.74) is 0. The Bertz CT molecular complexity index is 62.7. The molecule has 0 aromatic carbocycles. The first-order valence-electron chi connectivity index (χ1n) is 1.84. The molecule has 0 unspecified atom stereocenters. The van der Waals surface area contributed by atoms with Crippen molar-refractivity contribution in [2.24, 2.45) is 0 Å². The van der Waals surface area contributed by atoms with Crippen LogP contribution in [0, 0.1) is 6.61 Å². The molecule has 1 radical (unpaired) electrons. The molecule has 0 aliphatic carbocycles. The lowest BCUT2D eigenvalue weighted by molar-refractivity contribution is -0.136. The van der Waals surface area contributed by atoms with Gasteiger partial charge in [-0.2, -0.15) is 0 Å². The number of hydrogen-bond acceptors (Lipinski definition) is 2. The van der Waals surface area contributed by atoms with E-state index in [9.17, 15) is 4.79 Å². The highest BCUT2D eigenvalue weighted by Gasteiger charge is 1.93. The highest BCUT2D eigenvalue weighted by Crippen LogP contribution is 1.83. The van der Waals surface area contributed by atoms with E-state index >= 15 is 0 Å². The largest absolute Gasteiger partial charge is 0.458 e. The molecule has 0 saturated carbocycles. The Morgan fingerprint density at radius 3 is 2.71 bits per heavy atom. The number of rotatable bonds is 2. The van der Waals surface area contributed by atoms with Crippen molar-refractivity contribution >= 4 is 17.6 Å². The first kappa shape index (κ1) is 6.76. The molecular weight excluding hydrogens is 115 g/mol. The fourth-order valence-electron chi connectivity index (χ4n) is 0.163. The summed E-state index contributed by atoms with van der Waals surface area (Å²) in [5, 5.41) is 0. The van der Waals surface area contributed by atoms with Crippen LogP contribution in [-0.2, 0) is 9.53 Å². The fourth-order valence-corrected chi connectivity index (χ4v) is 0.226. The monoisotopic (exact) mass is 121 g/mol. The van der Waals surface area contributed by atoms with Crippen molar-refractivity contribution in [3.63, 3.8) is 0 Å². The van der Waals surface area contributed by atoms with Crippen LogP contribution < -0.4 is 0 Å². The lowest BCUT2D eigenvalue weighted by atomic mass is 10.8. The van der Waals surface area contributed by atoms with Gasteiger partial charge >= 0.3 is 5.97 Å². The Hall–Kier alpha value is -0.240. The molecule has 7 heavy (non-hydrogen) atoms. The third-order valence-corrected chi connectivity index (χ3v) is 0.577. The van der Waals surface area contributed by atoms with E-state index < -0.39 is 5.97 Å². The fraction of sp³-hybridized carbons (Fsp3) is 0.500. The van der Waals surface area contributed by atoms with Gasteiger partial charge in [0.2, 0.25) is 0 Å². The Kier molecular flexibility index (Phi) is 3.80. The summed E-state index contributed by atoms with van der Waals surface area (Å²) in [6, 6.07) is 0.